The SMILES string of the molecule is CCCCCCCCCCCCOC(=O)c1cc(NC(=O)C(C(=O)C2(CC)CC2)n2nc(C(=O)O)cc2C)c(Cl)cc1Cl. The van der Waals surface area contributed by atoms with Crippen LogP contribution in [0.25, 0.3) is 0 Å². The molecule has 0 spiro atoms. The van der Waals surface area contributed by atoms with Crippen molar-refractivity contribution in [1.29, 1.82) is 0 Å². The van der Waals surface area contributed by atoms with Crippen LogP contribution in [0.3, 0.4) is 0 Å². The number of Topliss-reactive ketones (excluding diaryl/α,β-unsaturated/α-hetero) is 1. The van der Waals surface area contributed by atoms with Gasteiger partial charge in [-0.05, 0) is 50.8 Å². The first kappa shape index (κ1) is 34.6. The summed E-state index contributed by atoms with van der Waals surface area (Å²) in [5, 5.41) is 16.2. The number of carbonyl (C=O) groups excluding carboxylic acids is 3. The van der Waals surface area contributed by atoms with Gasteiger partial charge in [-0.2, -0.15) is 5.10 Å². The molecule has 1 aromatic heterocycles. The number of aryl methyl sites for hydroxylation is 1. The number of unbranched alkanes of at least 4 members (excludes halogenated alkanes) is 9. The predicted molar refractivity (Wildman–Crippen MR) is 167 cm³/mol. The predicted octanol–water partition coefficient (Wildman–Crippen LogP) is 8.21. The number of carbonyl (C=O) groups is 4. The molecule has 1 fully saturated rings. The van der Waals surface area contributed by atoms with Gasteiger partial charge in [-0.25, -0.2) is 14.3 Å². The van der Waals surface area contributed by atoms with Gasteiger partial charge in [0.1, 0.15) is 0 Å². The van der Waals surface area contributed by atoms with Gasteiger partial charge in [0.15, 0.2) is 17.5 Å². The van der Waals surface area contributed by atoms with Crippen LogP contribution in [0.2, 0.25) is 10.0 Å². The maximum absolute atomic E-state index is 13.6. The van der Waals surface area contributed by atoms with E-state index in [4.69, 9.17) is 27.9 Å². The largest absolute Gasteiger partial charge is 0.476 e. The van der Waals surface area contributed by atoms with Crippen LogP contribution in [0, 0.1) is 12.3 Å². The first-order chi connectivity index (χ1) is 20.5. The van der Waals surface area contributed by atoms with Crippen molar-refractivity contribution in [2.75, 3.05) is 11.9 Å². The number of benzene rings is 1. The van der Waals surface area contributed by atoms with E-state index in [0.29, 0.717) is 25.0 Å². The van der Waals surface area contributed by atoms with Crippen LogP contribution in [-0.2, 0) is 14.3 Å². The molecular formula is C32H43Cl2N3O6. The van der Waals surface area contributed by atoms with Gasteiger partial charge in [0.2, 0.25) is 0 Å². The van der Waals surface area contributed by atoms with Gasteiger partial charge >= 0.3 is 11.9 Å². The maximum atomic E-state index is 13.6. The van der Waals surface area contributed by atoms with E-state index in [0.717, 1.165) is 23.9 Å². The molecule has 0 aliphatic heterocycles. The molecule has 1 aromatic carbocycles. The Morgan fingerprint density at radius 3 is 2.09 bits per heavy atom. The number of esters is 1. The number of aromatic nitrogens is 2. The van der Waals surface area contributed by atoms with Gasteiger partial charge in [-0.3, -0.25) is 9.59 Å². The smallest absolute Gasteiger partial charge is 0.356 e. The van der Waals surface area contributed by atoms with E-state index in [-0.39, 0.29) is 39.4 Å². The molecule has 1 heterocycles. The van der Waals surface area contributed by atoms with E-state index < -0.39 is 29.3 Å². The molecule has 43 heavy (non-hydrogen) atoms. The number of ether oxygens (including phenoxy) is 1. The zero-order valence-electron chi connectivity index (χ0n) is 25.3. The number of halogens is 2. The number of carboxylic acid groups (broad SMARTS) is 1. The molecule has 1 aliphatic rings. The number of amides is 1. The topological polar surface area (TPSA) is 128 Å². The van der Waals surface area contributed by atoms with Gasteiger partial charge in [-0.15, -0.1) is 0 Å². The highest BCUT2D eigenvalue weighted by molar-refractivity contribution is 6.38. The van der Waals surface area contributed by atoms with Crippen molar-refractivity contribution in [1.82, 2.24) is 9.78 Å². The summed E-state index contributed by atoms with van der Waals surface area (Å²) >= 11 is 12.7. The molecule has 3 rings (SSSR count). The number of carboxylic acids is 1. The first-order valence-corrected chi connectivity index (χ1v) is 16.1. The standard InChI is InChI=1S/C32H43Cl2N3O6/c1-4-6-7-8-9-10-11-12-13-14-17-43-31(42)22-19-25(24(34)20-23(22)33)35-29(39)27(28(38)32(5-2)15-16-32)37-21(3)18-26(36-37)30(40)41/h18-20,27H,4-17H2,1-3H3,(H,35,39)(H,40,41). The Labute approximate surface area is 263 Å². The monoisotopic (exact) mass is 635 g/mol. The summed E-state index contributed by atoms with van der Waals surface area (Å²) in [6.45, 7) is 5.92. The van der Waals surface area contributed by atoms with Crippen molar-refractivity contribution in [2.45, 2.75) is 110 Å². The van der Waals surface area contributed by atoms with Crippen molar-refractivity contribution in [3.05, 3.63) is 45.2 Å². The highest BCUT2D eigenvalue weighted by atomic mass is 35.5. The molecule has 1 saturated carbocycles. The fourth-order valence-corrected chi connectivity index (χ4v) is 5.75. The minimum absolute atomic E-state index is 0.0342. The summed E-state index contributed by atoms with van der Waals surface area (Å²) in [7, 11) is 0. The molecular weight excluding hydrogens is 593 g/mol. The van der Waals surface area contributed by atoms with E-state index in [2.05, 4.69) is 17.3 Å². The van der Waals surface area contributed by atoms with E-state index in [1.807, 2.05) is 6.92 Å². The molecule has 1 atom stereocenters. The zero-order valence-corrected chi connectivity index (χ0v) is 26.9. The van der Waals surface area contributed by atoms with Crippen LogP contribution in [0.4, 0.5) is 5.69 Å². The molecule has 0 radical (unpaired) electrons. The summed E-state index contributed by atoms with van der Waals surface area (Å²) in [6.07, 6.45) is 13.4. The van der Waals surface area contributed by atoms with Crippen LogP contribution < -0.4 is 5.32 Å². The average molecular weight is 637 g/mol. The lowest BCUT2D eigenvalue weighted by atomic mass is 9.91. The number of hydrogen-bond acceptors (Lipinski definition) is 6. The lowest BCUT2D eigenvalue weighted by Crippen LogP contribution is -2.38. The number of aromatic carboxylic acids is 1. The van der Waals surface area contributed by atoms with Gasteiger partial charge in [0, 0.05) is 11.1 Å². The molecule has 1 amide bonds. The Bertz CT molecular complexity index is 1300. The Kier molecular flexibility index (Phi) is 13.1. The maximum Gasteiger partial charge on any atom is 0.356 e. The van der Waals surface area contributed by atoms with Gasteiger partial charge in [-0.1, -0.05) is 94.8 Å². The van der Waals surface area contributed by atoms with Crippen molar-refractivity contribution < 1.29 is 29.0 Å². The molecule has 1 aliphatic carbocycles. The van der Waals surface area contributed by atoms with E-state index >= 15 is 0 Å². The highest BCUT2D eigenvalue weighted by Crippen LogP contribution is 2.51. The van der Waals surface area contributed by atoms with Gasteiger partial charge in [0.25, 0.3) is 5.91 Å². The van der Waals surface area contributed by atoms with Gasteiger partial charge in [0.05, 0.1) is 27.9 Å². The number of nitrogens with one attached hydrogen (secondary N) is 1. The minimum Gasteiger partial charge on any atom is -0.476 e. The normalized spacial score (nSPS) is 14.3. The number of hydrogen-bond donors (Lipinski definition) is 2. The number of rotatable bonds is 19. The summed E-state index contributed by atoms with van der Waals surface area (Å²) < 4.78 is 6.58. The summed E-state index contributed by atoms with van der Waals surface area (Å²) in [5.74, 6) is -3.01. The Hall–Kier alpha value is -2.91. The molecule has 1 unspecified atom stereocenters. The number of anilines is 1. The Morgan fingerprint density at radius 1 is 0.953 bits per heavy atom. The van der Waals surface area contributed by atoms with E-state index in [9.17, 15) is 24.3 Å². The van der Waals surface area contributed by atoms with Crippen LogP contribution in [-0.4, -0.2) is 45.1 Å². The highest BCUT2D eigenvalue weighted by Gasteiger charge is 2.53. The van der Waals surface area contributed by atoms with Crippen molar-refractivity contribution in [3.8, 4) is 0 Å². The third-order valence-corrected chi connectivity index (χ3v) is 8.83. The molecule has 236 valence electrons. The summed E-state index contributed by atoms with van der Waals surface area (Å²) in [5.41, 5.74) is -0.494. The zero-order chi connectivity index (χ0) is 31.6. The Balaban J connectivity index is 1.65. The molecule has 2 aromatic rings. The molecule has 11 heteroatoms. The van der Waals surface area contributed by atoms with Crippen LogP contribution in [0.1, 0.15) is 130 Å². The number of nitrogens with zero attached hydrogens (tertiary/aromatic N) is 2. The van der Waals surface area contributed by atoms with Crippen LogP contribution in [0.5, 0.6) is 0 Å². The van der Waals surface area contributed by atoms with Crippen LogP contribution in [0.15, 0.2) is 18.2 Å². The van der Waals surface area contributed by atoms with Gasteiger partial charge < -0.3 is 15.2 Å². The number of ketones is 1. The lowest BCUT2D eigenvalue weighted by molar-refractivity contribution is -0.134. The van der Waals surface area contributed by atoms with Crippen LogP contribution >= 0.6 is 23.2 Å². The Morgan fingerprint density at radius 2 is 1.56 bits per heavy atom. The quantitative estimate of drug-likeness (QED) is 0.0904. The molecule has 0 saturated heterocycles. The summed E-state index contributed by atoms with van der Waals surface area (Å²) in [6, 6.07) is 2.55. The van der Waals surface area contributed by atoms with E-state index in [1.54, 1.807) is 6.92 Å². The molecule has 9 nitrogen and oxygen atoms in total. The lowest BCUT2D eigenvalue weighted by Gasteiger charge is -2.22. The first-order valence-electron chi connectivity index (χ1n) is 15.4. The molecule has 0 bridgehead atoms. The van der Waals surface area contributed by atoms with E-state index in [1.165, 1.54) is 63.1 Å². The minimum atomic E-state index is -1.42. The van der Waals surface area contributed by atoms with Crippen molar-refractivity contribution >= 4 is 52.5 Å². The third-order valence-electron chi connectivity index (χ3n) is 8.20. The van der Waals surface area contributed by atoms with Crippen molar-refractivity contribution in [3.63, 3.8) is 0 Å². The molecule has 2 N–H and O–H groups in total. The van der Waals surface area contributed by atoms with Crippen molar-refractivity contribution in [2.24, 2.45) is 5.41 Å². The third kappa shape index (κ3) is 9.29. The second kappa shape index (κ2) is 16.2. The fraction of sp³-hybridized carbons (Fsp3) is 0.594. The second-order valence-corrected chi connectivity index (χ2v) is 12.3. The second-order valence-electron chi connectivity index (χ2n) is 11.4. The summed E-state index contributed by atoms with van der Waals surface area (Å²) in [4.78, 5) is 51.6. The average Bonchev–Trinajstić information content (AvgIpc) is 3.68. The fourth-order valence-electron chi connectivity index (χ4n) is 5.24.